The molecule has 0 amide bonds. The van der Waals surface area contributed by atoms with Gasteiger partial charge in [0.1, 0.15) is 0 Å². The molecular weight excluding hydrogens is 378 g/mol. The van der Waals surface area contributed by atoms with Crippen LogP contribution in [0.1, 0.15) is 35.2 Å². The predicted molar refractivity (Wildman–Crippen MR) is 108 cm³/mol. The minimum absolute atomic E-state index is 0.154. The van der Waals surface area contributed by atoms with E-state index >= 15 is 0 Å². The maximum Gasteiger partial charge on any atom is 0.337 e. The molecule has 1 fully saturated rings. The molecule has 30 heavy (non-hydrogen) atoms. The van der Waals surface area contributed by atoms with Crippen molar-refractivity contribution in [1.29, 1.82) is 21.2 Å². The van der Waals surface area contributed by atoms with Gasteiger partial charge in [0.05, 0.1) is 62.1 Å². The van der Waals surface area contributed by atoms with Crippen LogP contribution in [0, 0.1) is 56.7 Å². The van der Waals surface area contributed by atoms with Crippen LogP contribution in [0.25, 0.3) is 0 Å². The molecule has 152 valence electrons. The van der Waals surface area contributed by atoms with Crippen LogP contribution in [-0.2, 0) is 4.74 Å². The second-order valence-electron chi connectivity index (χ2n) is 7.81. The van der Waals surface area contributed by atoms with E-state index in [4.69, 9.17) is 10.1 Å². The smallest absolute Gasteiger partial charge is 0.337 e. The largest absolute Gasteiger partial charge is 0.465 e. The number of carbonyl (C=O) groups excluding carboxylic acids is 1. The highest BCUT2D eigenvalue weighted by Crippen LogP contribution is 2.51. The Kier molecular flexibility index (Phi) is 6.01. The molecule has 0 radical (unpaired) electrons. The number of rotatable bonds is 4. The summed E-state index contributed by atoms with van der Waals surface area (Å²) in [5.74, 6) is -1.90. The zero-order chi connectivity index (χ0) is 21.9. The van der Waals surface area contributed by atoms with Crippen LogP contribution < -0.4 is 4.90 Å². The van der Waals surface area contributed by atoms with Crippen LogP contribution in [0.2, 0.25) is 0 Å². The van der Waals surface area contributed by atoms with Gasteiger partial charge in [-0.05, 0) is 35.8 Å². The molecule has 1 saturated carbocycles. The molecule has 4 atom stereocenters. The molecule has 1 aliphatic carbocycles. The Bertz CT molecular complexity index is 992. The lowest BCUT2D eigenvalue weighted by molar-refractivity contribution is -0.899. The molecule has 1 unspecified atom stereocenters. The summed E-state index contributed by atoms with van der Waals surface area (Å²) in [6.45, 7) is 4.46. The Hall–Kier alpha value is -3.47. The molecule has 7 heteroatoms. The lowest BCUT2D eigenvalue weighted by Crippen LogP contribution is -3.13. The zero-order valence-corrected chi connectivity index (χ0v) is 17.1. The van der Waals surface area contributed by atoms with Crippen molar-refractivity contribution >= 4 is 11.7 Å². The van der Waals surface area contributed by atoms with Crippen LogP contribution >= 0.6 is 0 Å². The van der Waals surface area contributed by atoms with Crippen molar-refractivity contribution < 1.29 is 14.4 Å². The van der Waals surface area contributed by atoms with E-state index in [-0.39, 0.29) is 17.5 Å². The highest BCUT2D eigenvalue weighted by Gasteiger charge is 2.57. The number of quaternary nitrogens is 1. The summed E-state index contributed by atoms with van der Waals surface area (Å²) in [5.41, 5.74) is 0.0220. The fraction of sp³-hybridized carbons (Fsp3) is 0.435. The van der Waals surface area contributed by atoms with E-state index in [1.165, 1.54) is 12.0 Å². The minimum Gasteiger partial charge on any atom is -0.465 e. The van der Waals surface area contributed by atoms with Crippen LogP contribution in [0.15, 0.2) is 35.9 Å². The van der Waals surface area contributed by atoms with E-state index in [0.29, 0.717) is 24.2 Å². The summed E-state index contributed by atoms with van der Waals surface area (Å²) < 4.78 is 4.75. The van der Waals surface area contributed by atoms with Crippen molar-refractivity contribution in [1.82, 2.24) is 0 Å². The minimum atomic E-state index is -1.69. The Morgan fingerprint density at radius 1 is 1.27 bits per heavy atom. The normalized spacial score (nSPS) is 26.9. The van der Waals surface area contributed by atoms with E-state index in [0.717, 1.165) is 18.5 Å². The van der Waals surface area contributed by atoms with E-state index in [1.807, 2.05) is 6.08 Å². The number of ether oxygens (including phenoxy) is 1. The lowest BCUT2D eigenvalue weighted by atomic mass is 9.55. The molecule has 0 bridgehead atoms. The first kappa shape index (κ1) is 21.2. The Balaban J connectivity index is 2.13. The molecule has 1 aromatic carbocycles. The lowest BCUT2D eigenvalue weighted by Gasteiger charge is -2.46. The fourth-order valence-corrected chi connectivity index (χ4v) is 4.82. The van der Waals surface area contributed by atoms with E-state index < -0.39 is 17.3 Å². The van der Waals surface area contributed by atoms with Gasteiger partial charge in [-0.3, -0.25) is 0 Å². The highest BCUT2D eigenvalue weighted by atomic mass is 16.5. The summed E-state index contributed by atoms with van der Waals surface area (Å²) in [4.78, 5) is 13.1. The fourth-order valence-electron chi connectivity index (χ4n) is 4.82. The topological polar surface area (TPSA) is 126 Å². The molecule has 7 nitrogen and oxygen atoms in total. The first-order valence-corrected chi connectivity index (χ1v) is 10.0. The summed E-state index contributed by atoms with van der Waals surface area (Å²) in [6.07, 6.45) is 2.94. The number of carbonyl (C=O) groups is 1. The monoisotopic (exact) mass is 402 g/mol. The molecule has 1 aliphatic heterocycles. The van der Waals surface area contributed by atoms with Crippen LogP contribution in [-0.4, -0.2) is 38.4 Å². The Morgan fingerprint density at radius 3 is 2.47 bits per heavy atom. The van der Waals surface area contributed by atoms with Gasteiger partial charge in [-0.1, -0.05) is 19.1 Å². The standard InChI is InChI=1S/C23H23N5O2/c1-3-9-28-10-8-19-18(12-28)20(15-4-6-16(7-5-15)22(29)30-2)17(11-24)21(27)23(19,13-25)14-26/h4-8,17-18,20,27H,3,9-10,12H2,1-2H3/p+1/t17-,18-,20-/m1/s1. The second-order valence-corrected chi connectivity index (χ2v) is 7.81. The number of nitrogens with zero attached hydrogens (tertiary/aromatic N) is 3. The van der Waals surface area contributed by atoms with E-state index in [2.05, 4.69) is 25.1 Å². The number of hydrogen-bond acceptors (Lipinski definition) is 6. The van der Waals surface area contributed by atoms with Crippen LogP contribution in [0.5, 0.6) is 0 Å². The van der Waals surface area contributed by atoms with Gasteiger partial charge in [0, 0.05) is 11.8 Å². The number of hydrogen-bond donors (Lipinski definition) is 2. The Labute approximate surface area is 176 Å². The molecule has 2 aliphatic rings. The number of esters is 1. The predicted octanol–water partition coefficient (Wildman–Crippen LogP) is 1.61. The van der Waals surface area contributed by atoms with Crippen LogP contribution in [0.3, 0.4) is 0 Å². The maximum absolute atomic E-state index is 11.8. The van der Waals surface area contributed by atoms with Gasteiger partial charge in [-0.15, -0.1) is 0 Å². The van der Waals surface area contributed by atoms with Crippen molar-refractivity contribution in [3.8, 4) is 18.2 Å². The third-order valence-electron chi connectivity index (χ3n) is 6.25. The van der Waals surface area contributed by atoms with Gasteiger partial charge in [-0.2, -0.15) is 15.8 Å². The maximum atomic E-state index is 11.8. The van der Waals surface area contributed by atoms with Crippen molar-refractivity contribution in [3.05, 3.63) is 47.0 Å². The molecular formula is C23H24N5O2+. The van der Waals surface area contributed by atoms with Crippen molar-refractivity contribution in [3.63, 3.8) is 0 Å². The van der Waals surface area contributed by atoms with E-state index in [9.17, 15) is 20.6 Å². The average Bonchev–Trinajstić information content (AvgIpc) is 2.78. The summed E-state index contributed by atoms with van der Waals surface area (Å²) in [5, 5.41) is 38.4. The summed E-state index contributed by atoms with van der Waals surface area (Å²) >= 11 is 0. The highest BCUT2D eigenvalue weighted by molar-refractivity contribution is 6.01. The quantitative estimate of drug-likeness (QED) is 0.584. The molecule has 1 aromatic rings. The molecule has 2 N–H and O–H groups in total. The molecule has 1 heterocycles. The van der Waals surface area contributed by atoms with Gasteiger partial charge in [0.25, 0.3) is 0 Å². The molecule has 3 rings (SSSR count). The van der Waals surface area contributed by atoms with Gasteiger partial charge >= 0.3 is 5.97 Å². The SMILES string of the molecule is CCC[NH+]1CC=C2[C@@H](C1)[C@H](c1ccc(C(=O)OC)cc1)[C@@H](C#N)C(=N)C2(C#N)C#N. The average molecular weight is 402 g/mol. The number of methoxy groups -OCH3 is 1. The first-order chi connectivity index (χ1) is 14.5. The zero-order valence-electron chi connectivity index (χ0n) is 17.1. The van der Waals surface area contributed by atoms with Gasteiger partial charge in [-0.25, -0.2) is 4.79 Å². The van der Waals surface area contributed by atoms with Gasteiger partial charge in [0.15, 0.2) is 0 Å². The molecule has 0 saturated heterocycles. The molecule has 0 aromatic heterocycles. The van der Waals surface area contributed by atoms with Crippen molar-refractivity contribution in [2.75, 3.05) is 26.7 Å². The molecule has 0 spiro atoms. The van der Waals surface area contributed by atoms with Crippen molar-refractivity contribution in [2.45, 2.75) is 19.3 Å². The Morgan fingerprint density at radius 2 is 1.93 bits per heavy atom. The number of nitrogens with one attached hydrogen (secondary N) is 2. The van der Waals surface area contributed by atoms with E-state index in [1.54, 1.807) is 24.3 Å². The van der Waals surface area contributed by atoms with Crippen molar-refractivity contribution in [2.24, 2.45) is 17.3 Å². The van der Waals surface area contributed by atoms with Crippen LogP contribution in [0.4, 0.5) is 0 Å². The van der Waals surface area contributed by atoms with Gasteiger partial charge < -0.3 is 15.0 Å². The first-order valence-electron chi connectivity index (χ1n) is 10.0. The third kappa shape index (κ3) is 3.26. The summed E-state index contributed by atoms with van der Waals surface area (Å²) in [6, 6.07) is 13.2. The van der Waals surface area contributed by atoms with Gasteiger partial charge in [0.2, 0.25) is 5.41 Å². The summed E-state index contributed by atoms with van der Waals surface area (Å²) in [7, 11) is 1.32. The number of benzene rings is 1. The number of nitriles is 3. The second kappa shape index (κ2) is 8.49. The number of fused-ring (bicyclic) bond motifs is 1. The third-order valence-corrected chi connectivity index (χ3v) is 6.25.